The van der Waals surface area contributed by atoms with Crippen LogP contribution in [-0.4, -0.2) is 24.6 Å². The molecule has 1 aliphatic heterocycles. The van der Waals surface area contributed by atoms with Crippen molar-refractivity contribution in [1.29, 1.82) is 0 Å². The summed E-state index contributed by atoms with van der Waals surface area (Å²) in [6, 6.07) is 1.78. The lowest BCUT2D eigenvalue weighted by atomic mass is 10.2. The average Bonchev–Trinajstić information content (AvgIpc) is 2.45. The fraction of sp³-hybridized carbons (Fsp3) is 0.286. The first-order valence-corrected chi connectivity index (χ1v) is 3.46. The minimum absolute atomic E-state index is 0.000602. The molecule has 2 heterocycles. The van der Waals surface area contributed by atoms with Crippen LogP contribution in [0.2, 0.25) is 0 Å². The lowest BCUT2D eigenvalue weighted by molar-refractivity contribution is 0.0948. The molecule has 2 N–H and O–H groups in total. The summed E-state index contributed by atoms with van der Waals surface area (Å²) in [5.74, 6) is 0.896. The summed E-state index contributed by atoms with van der Waals surface area (Å²) in [7, 11) is 1.93. The van der Waals surface area contributed by atoms with Crippen molar-refractivity contribution in [2.75, 3.05) is 18.6 Å². The van der Waals surface area contributed by atoms with Gasteiger partial charge < -0.3 is 15.2 Å². The van der Waals surface area contributed by atoms with Crippen LogP contribution in [0.5, 0.6) is 0 Å². The zero-order valence-electron chi connectivity index (χ0n) is 6.22. The molecule has 2 rings (SSSR count). The Hall–Kier alpha value is -1.45. The Kier molecular flexibility index (Phi) is 1.15. The number of anilines is 1. The number of H-pyrrole nitrogens is 1. The third-order valence-electron chi connectivity index (χ3n) is 1.83. The fourth-order valence-corrected chi connectivity index (χ4v) is 1.22. The van der Waals surface area contributed by atoms with E-state index in [1.807, 2.05) is 11.9 Å². The third-order valence-corrected chi connectivity index (χ3v) is 1.83. The maximum absolute atomic E-state index is 11.1. The van der Waals surface area contributed by atoms with Crippen LogP contribution in [0, 0.1) is 0 Å². The molecule has 4 nitrogen and oxygen atoms in total. The number of aromatic amines is 1. The number of amides is 1. The van der Waals surface area contributed by atoms with Crippen molar-refractivity contribution < 1.29 is 4.79 Å². The van der Waals surface area contributed by atoms with E-state index in [0.717, 1.165) is 11.4 Å². The second-order valence-electron chi connectivity index (χ2n) is 2.60. The highest BCUT2D eigenvalue weighted by molar-refractivity contribution is 6.00. The second kappa shape index (κ2) is 2.02. The van der Waals surface area contributed by atoms with Crippen LogP contribution in [0.25, 0.3) is 0 Å². The summed E-state index contributed by atoms with van der Waals surface area (Å²) in [5, 5.41) is 2.74. The van der Waals surface area contributed by atoms with E-state index in [9.17, 15) is 4.79 Å². The van der Waals surface area contributed by atoms with Gasteiger partial charge in [-0.3, -0.25) is 4.79 Å². The van der Waals surface area contributed by atoms with Gasteiger partial charge in [0.2, 0.25) is 0 Å². The molecule has 0 atom stereocenters. The predicted molar refractivity (Wildman–Crippen MR) is 41.5 cm³/mol. The highest BCUT2D eigenvalue weighted by Gasteiger charge is 2.20. The number of hydrogen-bond acceptors (Lipinski definition) is 2. The average molecular weight is 151 g/mol. The van der Waals surface area contributed by atoms with Crippen molar-refractivity contribution in [1.82, 2.24) is 10.3 Å². The van der Waals surface area contributed by atoms with Gasteiger partial charge in [-0.25, -0.2) is 0 Å². The third kappa shape index (κ3) is 0.790. The second-order valence-corrected chi connectivity index (χ2v) is 2.60. The molecule has 0 saturated heterocycles. The molecule has 0 saturated carbocycles. The van der Waals surface area contributed by atoms with Crippen LogP contribution in [0.3, 0.4) is 0 Å². The molecular weight excluding hydrogens is 142 g/mol. The lowest BCUT2D eigenvalue weighted by Gasteiger charge is -2.24. The first-order chi connectivity index (χ1) is 5.29. The molecule has 1 aliphatic rings. The number of aromatic nitrogens is 1. The van der Waals surface area contributed by atoms with Crippen LogP contribution in [0.15, 0.2) is 12.3 Å². The van der Waals surface area contributed by atoms with Gasteiger partial charge >= 0.3 is 0 Å². The summed E-state index contributed by atoms with van der Waals surface area (Å²) in [6.07, 6.45) is 1.77. The van der Waals surface area contributed by atoms with Crippen LogP contribution in [0.4, 0.5) is 5.82 Å². The first kappa shape index (κ1) is 6.27. The molecule has 0 aliphatic carbocycles. The largest absolute Gasteiger partial charge is 0.348 e. The van der Waals surface area contributed by atoms with Gasteiger partial charge in [0.1, 0.15) is 5.82 Å². The summed E-state index contributed by atoms with van der Waals surface area (Å²) in [4.78, 5) is 16.1. The molecule has 0 unspecified atom stereocenters. The maximum Gasteiger partial charge on any atom is 0.256 e. The van der Waals surface area contributed by atoms with E-state index in [1.165, 1.54) is 0 Å². The minimum Gasteiger partial charge on any atom is -0.348 e. The standard InChI is InChI=1S/C7H9N3O/c1-10-4-9-7(11)5-2-3-8-6(5)10/h2-3,8H,4H2,1H3,(H,9,11). The van der Waals surface area contributed by atoms with Gasteiger partial charge in [-0.2, -0.15) is 0 Å². The van der Waals surface area contributed by atoms with Gasteiger partial charge in [0.05, 0.1) is 12.2 Å². The molecule has 0 fully saturated rings. The lowest BCUT2D eigenvalue weighted by Crippen LogP contribution is -2.40. The van der Waals surface area contributed by atoms with Crippen molar-refractivity contribution in [2.24, 2.45) is 0 Å². The van der Waals surface area contributed by atoms with E-state index in [0.29, 0.717) is 6.67 Å². The van der Waals surface area contributed by atoms with E-state index < -0.39 is 0 Å². The molecule has 0 radical (unpaired) electrons. The number of fused-ring (bicyclic) bond motifs is 1. The maximum atomic E-state index is 11.1. The number of hydrogen-bond donors (Lipinski definition) is 2. The topological polar surface area (TPSA) is 48.1 Å². The minimum atomic E-state index is -0.000602. The Labute approximate surface area is 64.2 Å². The van der Waals surface area contributed by atoms with Crippen molar-refractivity contribution in [3.05, 3.63) is 17.8 Å². The van der Waals surface area contributed by atoms with Crippen LogP contribution >= 0.6 is 0 Å². The van der Waals surface area contributed by atoms with E-state index in [1.54, 1.807) is 12.3 Å². The molecule has 0 aromatic carbocycles. The zero-order valence-corrected chi connectivity index (χ0v) is 6.22. The summed E-state index contributed by atoms with van der Waals surface area (Å²) < 4.78 is 0. The molecule has 1 aromatic heterocycles. The number of rotatable bonds is 0. The number of carbonyl (C=O) groups excluding carboxylic acids is 1. The van der Waals surface area contributed by atoms with Crippen LogP contribution < -0.4 is 10.2 Å². The van der Waals surface area contributed by atoms with Crippen molar-refractivity contribution in [3.63, 3.8) is 0 Å². The first-order valence-electron chi connectivity index (χ1n) is 3.46. The van der Waals surface area contributed by atoms with Crippen molar-refractivity contribution in [2.45, 2.75) is 0 Å². The van der Waals surface area contributed by atoms with E-state index in [2.05, 4.69) is 10.3 Å². The smallest absolute Gasteiger partial charge is 0.256 e. The van der Waals surface area contributed by atoms with Crippen molar-refractivity contribution >= 4 is 11.7 Å². The fourth-order valence-electron chi connectivity index (χ4n) is 1.22. The zero-order chi connectivity index (χ0) is 7.84. The summed E-state index contributed by atoms with van der Waals surface area (Å²) >= 11 is 0. The Morgan fingerprint density at radius 1 is 1.64 bits per heavy atom. The predicted octanol–water partition coefficient (Wildman–Crippen LogP) is 0.152. The van der Waals surface area contributed by atoms with Gasteiger partial charge in [-0.1, -0.05) is 0 Å². The van der Waals surface area contributed by atoms with E-state index >= 15 is 0 Å². The SMILES string of the molecule is CN1CNC(=O)c2cc[nH]c21. The summed E-state index contributed by atoms with van der Waals surface area (Å²) in [5.41, 5.74) is 0.721. The molecule has 58 valence electrons. The molecule has 1 amide bonds. The number of nitrogens with zero attached hydrogens (tertiary/aromatic N) is 1. The Bertz CT molecular complexity index is 292. The molecule has 4 heteroatoms. The van der Waals surface area contributed by atoms with E-state index in [-0.39, 0.29) is 5.91 Å². The number of nitrogens with one attached hydrogen (secondary N) is 2. The molecule has 1 aromatic rings. The molecular formula is C7H9N3O. The molecule has 0 bridgehead atoms. The van der Waals surface area contributed by atoms with Gasteiger partial charge in [0, 0.05) is 13.2 Å². The number of carbonyl (C=O) groups is 1. The monoisotopic (exact) mass is 151 g/mol. The molecule has 0 spiro atoms. The van der Waals surface area contributed by atoms with E-state index in [4.69, 9.17) is 0 Å². The summed E-state index contributed by atoms with van der Waals surface area (Å²) in [6.45, 7) is 0.576. The van der Waals surface area contributed by atoms with Gasteiger partial charge in [0.15, 0.2) is 0 Å². The van der Waals surface area contributed by atoms with Crippen LogP contribution in [0.1, 0.15) is 10.4 Å². The van der Waals surface area contributed by atoms with Crippen LogP contribution in [-0.2, 0) is 0 Å². The van der Waals surface area contributed by atoms with Gasteiger partial charge in [-0.15, -0.1) is 0 Å². The highest BCUT2D eigenvalue weighted by Crippen LogP contribution is 2.18. The Balaban J connectivity index is 2.51. The molecule has 11 heavy (non-hydrogen) atoms. The van der Waals surface area contributed by atoms with Gasteiger partial charge in [0.25, 0.3) is 5.91 Å². The van der Waals surface area contributed by atoms with Gasteiger partial charge in [-0.05, 0) is 6.07 Å². The quantitative estimate of drug-likeness (QED) is 0.554. The van der Waals surface area contributed by atoms with Crippen molar-refractivity contribution in [3.8, 4) is 0 Å². The highest BCUT2D eigenvalue weighted by atomic mass is 16.2. The Morgan fingerprint density at radius 3 is 3.18 bits per heavy atom. The normalized spacial score (nSPS) is 16.1. The Morgan fingerprint density at radius 2 is 2.45 bits per heavy atom.